The summed E-state index contributed by atoms with van der Waals surface area (Å²) in [7, 11) is 0. The van der Waals surface area contributed by atoms with Crippen molar-refractivity contribution in [1.29, 1.82) is 0 Å². The lowest BCUT2D eigenvalue weighted by atomic mass is 10.1. The molecule has 0 unspecified atom stereocenters. The van der Waals surface area contributed by atoms with Gasteiger partial charge in [0.05, 0.1) is 10.6 Å². The molecular formula is C21H15N3O5. The van der Waals surface area contributed by atoms with Crippen LogP contribution in [-0.4, -0.2) is 16.7 Å². The molecule has 3 aromatic rings. The third-order valence-corrected chi connectivity index (χ3v) is 4.51. The summed E-state index contributed by atoms with van der Waals surface area (Å²) in [5, 5.41) is 12.1. The molecule has 29 heavy (non-hydrogen) atoms. The Hall–Kier alpha value is -4.20. The van der Waals surface area contributed by atoms with Crippen molar-refractivity contribution in [3.8, 4) is 11.3 Å². The molecule has 0 saturated carbocycles. The average Bonchev–Trinajstić information content (AvgIpc) is 3.28. The van der Waals surface area contributed by atoms with Crippen molar-refractivity contribution in [3.05, 3.63) is 87.7 Å². The Bertz CT molecular complexity index is 1160. The molecule has 1 saturated heterocycles. The molecule has 1 N–H and O–H groups in total. The molecule has 0 radical (unpaired) electrons. The molecule has 2 heterocycles. The van der Waals surface area contributed by atoms with Gasteiger partial charge in [0.2, 0.25) is 0 Å². The van der Waals surface area contributed by atoms with Crippen molar-refractivity contribution < 1.29 is 18.9 Å². The predicted molar refractivity (Wildman–Crippen MR) is 106 cm³/mol. The standard InChI is InChI=1S/C21H15N3O5/c1-13-11-15(24(27)28)7-9-17(13)19-10-8-16(29-19)12-18-20(25)22-23(21(18)26)14-5-3-2-4-6-14/h2-12H,1H3,(H,22,25)/b18-12+. The quantitative estimate of drug-likeness (QED) is 0.317. The summed E-state index contributed by atoms with van der Waals surface area (Å²) in [4.78, 5) is 35.3. The minimum Gasteiger partial charge on any atom is -0.457 e. The van der Waals surface area contributed by atoms with Crippen molar-refractivity contribution in [2.45, 2.75) is 6.92 Å². The van der Waals surface area contributed by atoms with E-state index in [2.05, 4.69) is 5.43 Å². The largest absolute Gasteiger partial charge is 0.457 e. The number of hydrazine groups is 1. The summed E-state index contributed by atoms with van der Waals surface area (Å²) in [5.74, 6) is -0.199. The fraction of sp³-hybridized carbons (Fsp3) is 0.0476. The van der Waals surface area contributed by atoms with Gasteiger partial charge in [0.15, 0.2) is 0 Å². The maximum absolute atomic E-state index is 12.6. The second kappa shape index (κ2) is 7.08. The second-order valence-electron chi connectivity index (χ2n) is 6.43. The molecule has 8 nitrogen and oxygen atoms in total. The molecular weight excluding hydrogens is 374 g/mol. The lowest BCUT2D eigenvalue weighted by Crippen LogP contribution is -2.35. The summed E-state index contributed by atoms with van der Waals surface area (Å²) in [6, 6.07) is 16.6. The molecule has 1 aliphatic rings. The number of nitrogens with one attached hydrogen (secondary N) is 1. The zero-order chi connectivity index (χ0) is 20.5. The molecule has 4 rings (SSSR count). The van der Waals surface area contributed by atoms with Crippen LogP contribution in [0.5, 0.6) is 0 Å². The van der Waals surface area contributed by atoms with Gasteiger partial charge in [0.25, 0.3) is 17.5 Å². The van der Waals surface area contributed by atoms with Gasteiger partial charge in [-0.2, -0.15) is 0 Å². The number of hydrogen-bond acceptors (Lipinski definition) is 5. The third-order valence-electron chi connectivity index (χ3n) is 4.51. The van der Waals surface area contributed by atoms with E-state index in [0.29, 0.717) is 28.3 Å². The maximum Gasteiger partial charge on any atom is 0.282 e. The Morgan fingerprint density at radius 3 is 2.52 bits per heavy atom. The smallest absolute Gasteiger partial charge is 0.282 e. The van der Waals surface area contributed by atoms with Crippen LogP contribution in [-0.2, 0) is 9.59 Å². The fourth-order valence-corrected chi connectivity index (χ4v) is 3.07. The highest BCUT2D eigenvalue weighted by atomic mass is 16.6. The van der Waals surface area contributed by atoms with Crippen LogP contribution in [0.25, 0.3) is 17.4 Å². The van der Waals surface area contributed by atoms with E-state index in [0.717, 1.165) is 0 Å². The number of nitrogens with zero attached hydrogens (tertiary/aromatic N) is 2. The number of carbonyl (C=O) groups excluding carboxylic acids is 2. The van der Waals surface area contributed by atoms with Gasteiger partial charge >= 0.3 is 0 Å². The first-order chi connectivity index (χ1) is 13.9. The van der Waals surface area contributed by atoms with Crippen LogP contribution < -0.4 is 10.4 Å². The van der Waals surface area contributed by atoms with Gasteiger partial charge in [0, 0.05) is 17.7 Å². The normalized spacial score (nSPS) is 15.1. The lowest BCUT2D eigenvalue weighted by Gasteiger charge is -2.13. The number of nitro groups is 1. The Morgan fingerprint density at radius 1 is 1.07 bits per heavy atom. The van der Waals surface area contributed by atoms with E-state index in [1.165, 1.54) is 23.2 Å². The lowest BCUT2D eigenvalue weighted by molar-refractivity contribution is -0.384. The SMILES string of the molecule is Cc1cc([N+](=O)[O-])ccc1-c1ccc(/C=C2\C(=O)NN(c3ccccc3)C2=O)o1. The number of rotatable bonds is 4. The summed E-state index contributed by atoms with van der Waals surface area (Å²) < 4.78 is 5.75. The highest BCUT2D eigenvalue weighted by Gasteiger charge is 2.34. The minimum atomic E-state index is -0.525. The number of benzene rings is 2. The van der Waals surface area contributed by atoms with E-state index < -0.39 is 16.7 Å². The van der Waals surface area contributed by atoms with E-state index in [1.54, 1.807) is 49.4 Å². The molecule has 144 valence electrons. The molecule has 0 bridgehead atoms. The Labute approximate surface area is 165 Å². The van der Waals surface area contributed by atoms with E-state index in [9.17, 15) is 19.7 Å². The van der Waals surface area contributed by atoms with Gasteiger partial charge in [-0.25, -0.2) is 5.01 Å². The summed E-state index contributed by atoms with van der Waals surface area (Å²) in [5.41, 5.74) is 4.39. The molecule has 2 aromatic carbocycles. The van der Waals surface area contributed by atoms with Crippen molar-refractivity contribution in [2.75, 3.05) is 5.01 Å². The summed E-state index contributed by atoms with van der Waals surface area (Å²) in [6.45, 7) is 1.74. The topological polar surface area (TPSA) is 106 Å². The van der Waals surface area contributed by atoms with E-state index in [-0.39, 0.29) is 11.3 Å². The van der Waals surface area contributed by atoms with Gasteiger partial charge in [-0.1, -0.05) is 18.2 Å². The van der Waals surface area contributed by atoms with E-state index in [1.807, 2.05) is 6.07 Å². The van der Waals surface area contributed by atoms with Crippen LogP contribution in [0, 0.1) is 17.0 Å². The van der Waals surface area contributed by atoms with Gasteiger partial charge < -0.3 is 4.42 Å². The van der Waals surface area contributed by atoms with Gasteiger partial charge in [-0.3, -0.25) is 25.1 Å². The third kappa shape index (κ3) is 3.39. The number of para-hydroxylation sites is 1. The van der Waals surface area contributed by atoms with Crippen LogP contribution in [0.3, 0.4) is 0 Å². The summed E-state index contributed by atoms with van der Waals surface area (Å²) >= 11 is 0. The van der Waals surface area contributed by atoms with E-state index >= 15 is 0 Å². The highest BCUT2D eigenvalue weighted by Crippen LogP contribution is 2.29. The first-order valence-electron chi connectivity index (χ1n) is 8.71. The van der Waals surface area contributed by atoms with Gasteiger partial charge in [-0.15, -0.1) is 0 Å². The zero-order valence-electron chi connectivity index (χ0n) is 15.3. The number of amides is 2. The van der Waals surface area contributed by atoms with Crippen molar-refractivity contribution >= 4 is 29.3 Å². The van der Waals surface area contributed by atoms with Crippen LogP contribution in [0.2, 0.25) is 0 Å². The second-order valence-corrected chi connectivity index (χ2v) is 6.43. The number of furan rings is 1. The van der Waals surface area contributed by atoms with Crippen LogP contribution in [0.4, 0.5) is 11.4 Å². The Morgan fingerprint density at radius 2 is 1.83 bits per heavy atom. The molecule has 0 atom stereocenters. The predicted octanol–water partition coefficient (Wildman–Crippen LogP) is 3.62. The average molecular weight is 389 g/mol. The molecule has 0 aliphatic carbocycles. The molecule has 2 amide bonds. The maximum atomic E-state index is 12.6. The molecule has 1 fully saturated rings. The molecule has 1 aliphatic heterocycles. The number of hydrogen-bond donors (Lipinski definition) is 1. The van der Waals surface area contributed by atoms with Crippen LogP contribution in [0.15, 0.2) is 70.7 Å². The van der Waals surface area contributed by atoms with Crippen LogP contribution in [0.1, 0.15) is 11.3 Å². The van der Waals surface area contributed by atoms with Gasteiger partial charge in [-0.05, 0) is 48.9 Å². The highest BCUT2D eigenvalue weighted by molar-refractivity contribution is 6.31. The first kappa shape index (κ1) is 18.2. The minimum absolute atomic E-state index is 0.00521. The molecule has 8 heteroatoms. The van der Waals surface area contributed by atoms with E-state index in [4.69, 9.17) is 4.42 Å². The number of non-ortho nitro benzene ring substituents is 1. The van der Waals surface area contributed by atoms with Crippen molar-refractivity contribution in [1.82, 2.24) is 5.43 Å². The monoisotopic (exact) mass is 389 g/mol. The fourth-order valence-electron chi connectivity index (χ4n) is 3.07. The van der Waals surface area contributed by atoms with Crippen molar-refractivity contribution in [3.63, 3.8) is 0 Å². The van der Waals surface area contributed by atoms with Gasteiger partial charge in [0.1, 0.15) is 17.1 Å². The van der Waals surface area contributed by atoms with Crippen LogP contribution >= 0.6 is 0 Å². The first-order valence-corrected chi connectivity index (χ1v) is 8.71. The molecule has 1 aromatic heterocycles. The number of anilines is 1. The number of carbonyl (C=O) groups is 2. The number of aryl methyl sites for hydroxylation is 1. The summed E-state index contributed by atoms with van der Waals surface area (Å²) in [6.07, 6.45) is 1.38. The Balaban J connectivity index is 1.62. The Kier molecular flexibility index (Phi) is 4.44. The zero-order valence-corrected chi connectivity index (χ0v) is 15.3. The molecule has 0 spiro atoms. The van der Waals surface area contributed by atoms with Crippen molar-refractivity contribution in [2.24, 2.45) is 0 Å². The number of nitro benzene ring substituents is 1.